The first kappa shape index (κ1) is 14.1. The second-order valence-electron chi connectivity index (χ2n) is 5.73. The second kappa shape index (κ2) is 6.19. The lowest BCUT2D eigenvalue weighted by molar-refractivity contribution is 0.0886. The van der Waals surface area contributed by atoms with Crippen LogP contribution in [0, 0.1) is 5.92 Å². The van der Waals surface area contributed by atoms with Crippen LogP contribution in [0.2, 0.25) is 0 Å². The van der Waals surface area contributed by atoms with Crippen molar-refractivity contribution in [2.24, 2.45) is 13.0 Å². The van der Waals surface area contributed by atoms with E-state index in [0.717, 1.165) is 13.0 Å². The summed E-state index contributed by atoms with van der Waals surface area (Å²) >= 11 is 0. The van der Waals surface area contributed by atoms with E-state index in [-0.39, 0.29) is 5.91 Å². The largest absolute Gasteiger partial charge is 0.348 e. The van der Waals surface area contributed by atoms with Crippen LogP contribution in [-0.2, 0) is 7.05 Å². The Morgan fingerprint density at radius 2 is 2.21 bits per heavy atom. The number of nitrogens with zero attached hydrogens (tertiary/aromatic N) is 3. The maximum Gasteiger partial charge on any atom is 0.269 e. The molecule has 0 bridgehead atoms. The molecule has 1 aromatic rings. The summed E-state index contributed by atoms with van der Waals surface area (Å²) in [5, 5.41) is 7.24. The Labute approximate surface area is 115 Å². The third kappa shape index (κ3) is 3.56. The summed E-state index contributed by atoms with van der Waals surface area (Å²) in [5.41, 5.74) is 0.633. The van der Waals surface area contributed by atoms with Crippen LogP contribution in [0.25, 0.3) is 0 Å². The Kier molecular flexibility index (Phi) is 4.58. The van der Waals surface area contributed by atoms with Gasteiger partial charge in [0.05, 0.1) is 0 Å². The van der Waals surface area contributed by atoms with Gasteiger partial charge in [-0.05, 0) is 38.9 Å². The number of aromatic nitrogens is 2. The van der Waals surface area contributed by atoms with Crippen LogP contribution in [0.15, 0.2) is 12.3 Å². The van der Waals surface area contributed by atoms with Crippen molar-refractivity contribution >= 4 is 5.91 Å². The van der Waals surface area contributed by atoms with Gasteiger partial charge in [0, 0.05) is 25.8 Å². The summed E-state index contributed by atoms with van der Waals surface area (Å²) < 4.78 is 1.62. The van der Waals surface area contributed by atoms with Crippen LogP contribution in [0.3, 0.4) is 0 Å². The van der Waals surface area contributed by atoms with Gasteiger partial charge >= 0.3 is 0 Å². The third-order valence-corrected chi connectivity index (χ3v) is 3.88. The van der Waals surface area contributed by atoms with E-state index in [1.165, 1.54) is 19.3 Å². The zero-order chi connectivity index (χ0) is 13.8. The van der Waals surface area contributed by atoms with Crippen molar-refractivity contribution in [3.63, 3.8) is 0 Å². The van der Waals surface area contributed by atoms with Crippen LogP contribution >= 0.6 is 0 Å². The first-order valence-electron chi connectivity index (χ1n) is 7.01. The molecular formula is C14H24N4O. The van der Waals surface area contributed by atoms with Crippen LogP contribution in [0.4, 0.5) is 0 Å². The topological polar surface area (TPSA) is 50.2 Å². The molecule has 1 N–H and O–H groups in total. The molecule has 1 aliphatic rings. The highest BCUT2D eigenvalue weighted by atomic mass is 16.2. The molecule has 0 aliphatic heterocycles. The van der Waals surface area contributed by atoms with Gasteiger partial charge < -0.3 is 10.2 Å². The molecule has 106 valence electrons. The van der Waals surface area contributed by atoms with Crippen LogP contribution < -0.4 is 5.32 Å². The van der Waals surface area contributed by atoms with Crippen LogP contribution in [0.5, 0.6) is 0 Å². The van der Waals surface area contributed by atoms with E-state index < -0.39 is 0 Å². The highest BCUT2D eigenvalue weighted by molar-refractivity contribution is 5.92. The fraction of sp³-hybridized carbons (Fsp3) is 0.714. The molecule has 0 spiro atoms. The van der Waals surface area contributed by atoms with Gasteiger partial charge in [-0.3, -0.25) is 9.48 Å². The van der Waals surface area contributed by atoms with E-state index in [1.54, 1.807) is 24.0 Å². The van der Waals surface area contributed by atoms with Gasteiger partial charge in [-0.15, -0.1) is 0 Å². The predicted molar refractivity (Wildman–Crippen MR) is 75.0 cm³/mol. The number of rotatable bonds is 4. The number of carbonyl (C=O) groups excluding carboxylic acids is 1. The Morgan fingerprint density at radius 1 is 1.47 bits per heavy atom. The molecule has 1 aromatic heterocycles. The number of carbonyl (C=O) groups is 1. The van der Waals surface area contributed by atoms with E-state index in [2.05, 4.69) is 29.4 Å². The van der Waals surface area contributed by atoms with Crippen molar-refractivity contribution in [1.29, 1.82) is 0 Å². The predicted octanol–water partition coefficient (Wildman–Crippen LogP) is 1.27. The Morgan fingerprint density at radius 3 is 2.84 bits per heavy atom. The zero-order valence-corrected chi connectivity index (χ0v) is 12.1. The summed E-state index contributed by atoms with van der Waals surface area (Å²) in [6.07, 6.45) is 6.43. The molecule has 0 saturated heterocycles. The number of aryl methyl sites for hydroxylation is 1. The summed E-state index contributed by atoms with van der Waals surface area (Å²) in [4.78, 5) is 14.4. The average Bonchev–Trinajstić information content (AvgIpc) is 2.77. The highest BCUT2D eigenvalue weighted by Gasteiger charge is 2.27. The smallest absolute Gasteiger partial charge is 0.269 e. The van der Waals surface area contributed by atoms with Gasteiger partial charge in [-0.2, -0.15) is 5.10 Å². The van der Waals surface area contributed by atoms with Gasteiger partial charge in [0.2, 0.25) is 0 Å². The zero-order valence-electron chi connectivity index (χ0n) is 12.1. The first-order chi connectivity index (χ1) is 9.08. The van der Waals surface area contributed by atoms with E-state index in [9.17, 15) is 4.79 Å². The third-order valence-electron chi connectivity index (χ3n) is 3.88. The van der Waals surface area contributed by atoms with Crippen LogP contribution in [0.1, 0.15) is 36.2 Å². The fourth-order valence-corrected chi connectivity index (χ4v) is 2.92. The summed E-state index contributed by atoms with van der Waals surface area (Å²) in [6.45, 7) is 1.04. The van der Waals surface area contributed by atoms with Gasteiger partial charge in [-0.1, -0.05) is 12.8 Å². The minimum Gasteiger partial charge on any atom is -0.348 e. The molecule has 0 aromatic carbocycles. The molecule has 5 nitrogen and oxygen atoms in total. The van der Waals surface area contributed by atoms with Crippen molar-refractivity contribution < 1.29 is 4.79 Å². The van der Waals surface area contributed by atoms with E-state index in [0.29, 0.717) is 17.7 Å². The SMILES string of the molecule is CN(C)CC1CCCCC1NC(=O)c1ccnn1C. The van der Waals surface area contributed by atoms with Gasteiger partial charge in [0.25, 0.3) is 5.91 Å². The number of nitrogens with one attached hydrogen (secondary N) is 1. The van der Waals surface area contributed by atoms with Crippen molar-refractivity contribution in [2.45, 2.75) is 31.7 Å². The molecule has 2 unspecified atom stereocenters. The molecule has 5 heteroatoms. The lowest BCUT2D eigenvalue weighted by Crippen LogP contribution is -2.45. The van der Waals surface area contributed by atoms with E-state index in [1.807, 2.05) is 0 Å². The quantitative estimate of drug-likeness (QED) is 0.891. The molecular weight excluding hydrogens is 240 g/mol. The standard InChI is InChI=1S/C14H24N4O/c1-17(2)10-11-6-4-5-7-12(11)16-14(19)13-8-9-15-18(13)3/h8-9,11-12H,4-7,10H2,1-3H3,(H,16,19). The molecule has 0 radical (unpaired) electrons. The second-order valence-corrected chi connectivity index (χ2v) is 5.73. The van der Waals surface area contributed by atoms with Crippen molar-refractivity contribution in [2.75, 3.05) is 20.6 Å². The summed E-state index contributed by atoms with van der Waals surface area (Å²) in [6, 6.07) is 2.05. The molecule has 1 saturated carbocycles. The van der Waals surface area contributed by atoms with Crippen molar-refractivity contribution in [1.82, 2.24) is 20.0 Å². The maximum absolute atomic E-state index is 12.2. The molecule has 1 fully saturated rings. The average molecular weight is 264 g/mol. The molecule has 19 heavy (non-hydrogen) atoms. The summed E-state index contributed by atoms with van der Waals surface area (Å²) in [5.74, 6) is 0.552. The number of hydrogen-bond acceptors (Lipinski definition) is 3. The minimum absolute atomic E-state index is 0.00402. The first-order valence-corrected chi connectivity index (χ1v) is 7.01. The monoisotopic (exact) mass is 264 g/mol. The molecule has 1 heterocycles. The highest BCUT2D eigenvalue weighted by Crippen LogP contribution is 2.25. The van der Waals surface area contributed by atoms with Gasteiger partial charge in [0.1, 0.15) is 5.69 Å². The van der Waals surface area contributed by atoms with E-state index in [4.69, 9.17) is 0 Å². The van der Waals surface area contributed by atoms with Crippen molar-refractivity contribution in [3.8, 4) is 0 Å². The lowest BCUT2D eigenvalue weighted by Gasteiger charge is -2.33. The van der Waals surface area contributed by atoms with E-state index >= 15 is 0 Å². The minimum atomic E-state index is -0.00402. The molecule has 2 rings (SSSR count). The lowest BCUT2D eigenvalue weighted by atomic mass is 9.84. The number of hydrogen-bond donors (Lipinski definition) is 1. The van der Waals surface area contributed by atoms with Gasteiger partial charge in [-0.25, -0.2) is 0 Å². The normalized spacial score (nSPS) is 23.6. The Bertz CT molecular complexity index is 427. The Hall–Kier alpha value is -1.36. The number of amides is 1. The van der Waals surface area contributed by atoms with Crippen LogP contribution in [-0.4, -0.2) is 47.3 Å². The van der Waals surface area contributed by atoms with Gasteiger partial charge in [0.15, 0.2) is 0 Å². The molecule has 1 aliphatic carbocycles. The fourth-order valence-electron chi connectivity index (χ4n) is 2.92. The molecule has 2 atom stereocenters. The van der Waals surface area contributed by atoms with Crippen molar-refractivity contribution in [3.05, 3.63) is 18.0 Å². The maximum atomic E-state index is 12.2. The molecule has 1 amide bonds. The summed E-state index contributed by atoms with van der Waals surface area (Å²) in [7, 11) is 5.98. The Balaban J connectivity index is 1.99.